The van der Waals surface area contributed by atoms with Crippen molar-refractivity contribution in [1.82, 2.24) is 15.0 Å². The Morgan fingerprint density at radius 1 is 1.18 bits per heavy atom. The van der Waals surface area contributed by atoms with Crippen molar-refractivity contribution in [2.24, 2.45) is 0 Å². The van der Waals surface area contributed by atoms with Gasteiger partial charge in [0.15, 0.2) is 0 Å². The van der Waals surface area contributed by atoms with Gasteiger partial charge in [0, 0.05) is 46.0 Å². The summed E-state index contributed by atoms with van der Waals surface area (Å²) in [6.07, 6.45) is 9.78. The summed E-state index contributed by atoms with van der Waals surface area (Å²) in [7, 11) is 0. The van der Waals surface area contributed by atoms with Crippen LogP contribution in [-0.2, 0) is 0 Å². The van der Waals surface area contributed by atoms with E-state index >= 15 is 0 Å². The van der Waals surface area contributed by atoms with Crippen molar-refractivity contribution in [3.63, 3.8) is 0 Å². The first-order chi connectivity index (χ1) is 10.9. The Labute approximate surface area is 132 Å². The standard InChI is InChI=1S/C18H15N3S/c1-2-11(3-1)15-5-4-13-14(9-20-18(13)21-15)16-8-12-6-7-19-10-17(12)22-16/h4-11H,1-3H2,(H,20,21). The van der Waals surface area contributed by atoms with Gasteiger partial charge in [0.25, 0.3) is 0 Å². The molecule has 0 bridgehead atoms. The molecule has 108 valence electrons. The van der Waals surface area contributed by atoms with Crippen molar-refractivity contribution in [3.05, 3.63) is 48.5 Å². The monoisotopic (exact) mass is 305 g/mol. The normalized spacial score (nSPS) is 15.5. The molecule has 4 aromatic rings. The highest BCUT2D eigenvalue weighted by molar-refractivity contribution is 7.22. The summed E-state index contributed by atoms with van der Waals surface area (Å²) < 4.78 is 1.23. The Hall–Kier alpha value is -2.20. The molecular formula is C18H15N3S. The van der Waals surface area contributed by atoms with E-state index in [0.29, 0.717) is 5.92 Å². The molecule has 4 heteroatoms. The third-order valence-electron chi connectivity index (χ3n) is 4.67. The van der Waals surface area contributed by atoms with Gasteiger partial charge in [-0.15, -0.1) is 11.3 Å². The molecule has 0 unspecified atom stereocenters. The van der Waals surface area contributed by atoms with E-state index in [2.05, 4.69) is 40.4 Å². The number of aromatic nitrogens is 3. The molecule has 0 spiro atoms. The first kappa shape index (κ1) is 12.4. The number of hydrogen-bond acceptors (Lipinski definition) is 3. The predicted octanol–water partition coefficient (Wildman–Crippen LogP) is 5.11. The lowest BCUT2D eigenvalue weighted by atomic mass is 9.82. The van der Waals surface area contributed by atoms with Gasteiger partial charge >= 0.3 is 0 Å². The van der Waals surface area contributed by atoms with Gasteiger partial charge in [-0.2, -0.15) is 0 Å². The van der Waals surface area contributed by atoms with Crippen LogP contribution in [0.4, 0.5) is 0 Å². The molecule has 0 atom stereocenters. The van der Waals surface area contributed by atoms with Crippen LogP contribution in [0.2, 0.25) is 0 Å². The highest BCUT2D eigenvalue weighted by Crippen LogP contribution is 2.39. The van der Waals surface area contributed by atoms with E-state index in [9.17, 15) is 0 Å². The van der Waals surface area contributed by atoms with Crippen LogP contribution < -0.4 is 0 Å². The summed E-state index contributed by atoms with van der Waals surface area (Å²) in [4.78, 5) is 13.7. The Kier molecular flexibility index (Phi) is 2.61. The number of nitrogens with zero attached hydrogens (tertiary/aromatic N) is 2. The largest absolute Gasteiger partial charge is 0.345 e. The molecule has 0 radical (unpaired) electrons. The molecule has 0 saturated heterocycles. The van der Waals surface area contributed by atoms with E-state index in [0.717, 1.165) is 5.65 Å². The van der Waals surface area contributed by atoms with Gasteiger partial charge in [0.2, 0.25) is 0 Å². The molecule has 0 amide bonds. The fourth-order valence-electron chi connectivity index (χ4n) is 3.17. The average molecular weight is 305 g/mol. The second-order valence-electron chi connectivity index (χ2n) is 5.99. The van der Waals surface area contributed by atoms with Crippen molar-refractivity contribution < 1.29 is 0 Å². The van der Waals surface area contributed by atoms with Gasteiger partial charge in [-0.3, -0.25) is 4.98 Å². The highest BCUT2D eigenvalue weighted by atomic mass is 32.1. The van der Waals surface area contributed by atoms with E-state index in [1.807, 2.05) is 12.4 Å². The Balaban J connectivity index is 1.64. The molecule has 1 N–H and O–H groups in total. The molecule has 0 aromatic carbocycles. The lowest BCUT2D eigenvalue weighted by Crippen LogP contribution is -2.10. The zero-order chi connectivity index (χ0) is 14.5. The molecule has 22 heavy (non-hydrogen) atoms. The molecule has 1 fully saturated rings. The summed E-state index contributed by atoms with van der Waals surface area (Å²) >= 11 is 1.79. The van der Waals surface area contributed by atoms with Crippen LogP contribution >= 0.6 is 11.3 Å². The number of rotatable bonds is 2. The van der Waals surface area contributed by atoms with Crippen molar-refractivity contribution in [2.45, 2.75) is 25.2 Å². The third-order valence-corrected chi connectivity index (χ3v) is 5.79. The fraction of sp³-hybridized carbons (Fsp3) is 0.222. The first-order valence-corrected chi connectivity index (χ1v) is 8.52. The molecule has 4 aromatic heterocycles. The smallest absolute Gasteiger partial charge is 0.138 e. The molecule has 4 heterocycles. The van der Waals surface area contributed by atoms with E-state index in [-0.39, 0.29) is 0 Å². The Bertz CT molecular complexity index is 945. The van der Waals surface area contributed by atoms with Crippen LogP contribution in [0.3, 0.4) is 0 Å². The summed E-state index contributed by atoms with van der Waals surface area (Å²) in [5.74, 6) is 0.673. The molecule has 1 aliphatic carbocycles. The number of aromatic amines is 1. The maximum Gasteiger partial charge on any atom is 0.138 e. The summed E-state index contributed by atoms with van der Waals surface area (Å²) in [6.45, 7) is 0. The van der Waals surface area contributed by atoms with E-state index < -0.39 is 0 Å². The van der Waals surface area contributed by atoms with Gasteiger partial charge in [0.05, 0.1) is 4.70 Å². The first-order valence-electron chi connectivity index (χ1n) is 7.70. The number of pyridine rings is 2. The van der Waals surface area contributed by atoms with E-state index in [1.165, 1.54) is 50.9 Å². The van der Waals surface area contributed by atoms with Crippen molar-refractivity contribution >= 4 is 32.5 Å². The molecular weight excluding hydrogens is 290 g/mol. The van der Waals surface area contributed by atoms with Crippen LogP contribution in [0.25, 0.3) is 31.6 Å². The summed E-state index contributed by atoms with van der Waals surface area (Å²) in [6, 6.07) is 8.74. The minimum absolute atomic E-state index is 0.673. The minimum atomic E-state index is 0.673. The van der Waals surface area contributed by atoms with Crippen LogP contribution in [0.15, 0.2) is 42.9 Å². The molecule has 3 nitrogen and oxygen atoms in total. The number of fused-ring (bicyclic) bond motifs is 2. The number of nitrogens with one attached hydrogen (secondary N) is 1. The highest BCUT2D eigenvalue weighted by Gasteiger charge is 2.21. The molecule has 0 aliphatic heterocycles. The van der Waals surface area contributed by atoms with Gasteiger partial charge in [-0.1, -0.05) is 6.42 Å². The maximum absolute atomic E-state index is 4.83. The second-order valence-corrected chi connectivity index (χ2v) is 7.07. The second kappa shape index (κ2) is 4.65. The topological polar surface area (TPSA) is 41.6 Å². The maximum atomic E-state index is 4.83. The van der Waals surface area contributed by atoms with Crippen molar-refractivity contribution in [3.8, 4) is 10.4 Å². The predicted molar refractivity (Wildman–Crippen MR) is 91.3 cm³/mol. The van der Waals surface area contributed by atoms with Crippen LogP contribution in [0, 0.1) is 0 Å². The number of hydrogen-bond donors (Lipinski definition) is 1. The van der Waals surface area contributed by atoms with E-state index in [4.69, 9.17) is 4.98 Å². The van der Waals surface area contributed by atoms with Crippen LogP contribution in [0.5, 0.6) is 0 Å². The van der Waals surface area contributed by atoms with Crippen molar-refractivity contribution in [1.29, 1.82) is 0 Å². The molecule has 5 rings (SSSR count). The van der Waals surface area contributed by atoms with Gasteiger partial charge in [-0.25, -0.2) is 4.98 Å². The van der Waals surface area contributed by atoms with Crippen LogP contribution in [0.1, 0.15) is 30.9 Å². The third kappa shape index (κ3) is 1.80. The van der Waals surface area contributed by atoms with Gasteiger partial charge in [0.1, 0.15) is 5.65 Å². The number of H-pyrrole nitrogens is 1. The number of thiophene rings is 1. The lowest BCUT2D eigenvalue weighted by Gasteiger charge is -2.24. The minimum Gasteiger partial charge on any atom is -0.345 e. The van der Waals surface area contributed by atoms with Crippen molar-refractivity contribution in [2.75, 3.05) is 0 Å². The zero-order valence-electron chi connectivity index (χ0n) is 12.0. The Morgan fingerprint density at radius 3 is 2.95 bits per heavy atom. The van der Waals surface area contributed by atoms with E-state index in [1.54, 1.807) is 11.3 Å². The summed E-state index contributed by atoms with van der Waals surface area (Å²) in [5.41, 5.74) is 3.49. The Morgan fingerprint density at radius 2 is 2.14 bits per heavy atom. The average Bonchev–Trinajstić information content (AvgIpc) is 3.08. The quantitative estimate of drug-likeness (QED) is 0.559. The molecule has 1 saturated carbocycles. The van der Waals surface area contributed by atoms with Gasteiger partial charge in [-0.05, 0) is 42.5 Å². The summed E-state index contributed by atoms with van der Waals surface area (Å²) in [5, 5.41) is 2.46. The fourth-order valence-corrected chi connectivity index (χ4v) is 4.23. The molecule has 1 aliphatic rings. The van der Waals surface area contributed by atoms with Crippen LogP contribution in [-0.4, -0.2) is 15.0 Å². The zero-order valence-corrected chi connectivity index (χ0v) is 12.9. The SMILES string of the molecule is c1cc2cc(-c3c[nH]c4nc(C5CCC5)ccc34)sc2cn1. The lowest BCUT2D eigenvalue weighted by molar-refractivity contribution is 0.412. The van der Waals surface area contributed by atoms with Gasteiger partial charge < -0.3 is 4.98 Å².